The Hall–Kier alpha value is -2.60. The van der Waals surface area contributed by atoms with Crippen LogP contribution in [0.15, 0.2) is 30.3 Å². The van der Waals surface area contributed by atoms with Gasteiger partial charge in [0.2, 0.25) is 0 Å². The lowest BCUT2D eigenvalue weighted by molar-refractivity contribution is -0.144. The summed E-state index contributed by atoms with van der Waals surface area (Å²) in [5, 5.41) is 0. The molecule has 2 rings (SSSR count). The molecule has 2 aromatic rings. The van der Waals surface area contributed by atoms with Crippen molar-refractivity contribution in [1.82, 2.24) is 0 Å². The van der Waals surface area contributed by atoms with Crippen LogP contribution in [0.3, 0.4) is 0 Å². The lowest BCUT2D eigenvalue weighted by Gasteiger charge is -2.19. The van der Waals surface area contributed by atoms with Crippen LogP contribution in [0.1, 0.15) is 22.3 Å². The second-order valence-electron chi connectivity index (χ2n) is 5.78. The van der Waals surface area contributed by atoms with Crippen molar-refractivity contribution < 1.29 is 52.7 Å². The molecule has 0 saturated carbocycles. The van der Waals surface area contributed by atoms with Crippen molar-refractivity contribution in [2.75, 3.05) is 5.73 Å². The minimum Gasteiger partial charge on any atom is -0.398 e. The summed E-state index contributed by atoms with van der Waals surface area (Å²) in [7, 11) is 0. The minimum atomic E-state index is -5.45. The fourth-order valence-corrected chi connectivity index (χ4v) is 2.41. The molecule has 0 aliphatic carbocycles. The molecule has 0 radical (unpaired) electrons. The van der Waals surface area contributed by atoms with Crippen molar-refractivity contribution in [2.24, 2.45) is 0 Å². The molecule has 1 nitrogen and oxygen atoms in total. The van der Waals surface area contributed by atoms with Crippen LogP contribution >= 0.6 is 0 Å². The Bertz CT molecular complexity index is 848. The Morgan fingerprint density at radius 1 is 0.448 bits per heavy atom. The van der Waals surface area contributed by atoms with Crippen LogP contribution in [0.25, 0.3) is 11.1 Å². The molecule has 0 heterocycles. The van der Waals surface area contributed by atoms with Gasteiger partial charge in [-0.05, 0) is 41.5 Å². The SMILES string of the molecule is Nc1c(C(F)(F)F)cc(-c2cc(C(F)(F)F)cc(C(F)(F)F)c2)cc1C(F)(F)F. The number of alkyl halides is 12. The smallest absolute Gasteiger partial charge is 0.398 e. The molecule has 0 amide bonds. The van der Waals surface area contributed by atoms with Crippen LogP contribution < -0.4 is 5.73 Å². The molecule has 0 unspecified atom stereocenters. The molecule has 0 aliphatic heterocycles. The van der Waals surface area contributed by atoms with Crippen molar-refractivity contribution >= 4 is 5.69 Å². The summed E-state index contributed by atoms with van der Waals surface area (Å²) < 4.78 is 156. The van der Waals surface area contributed by atoms with Gasteiger partial charge in [0, 0.05) is 0 Å². The normalized spacial score (nSPS) is 13.7. The monoisotopic (exact) mass is 441 g/mol. The van der Waals surface area contributed by atoms with Crippen molar-refractivity contribution in [3.8, 4) is 11.1 Å². The van der Waals surface area contributed by atoms with Gasteiger partial charge in [0.05, 0.1) is 27.9 Å². The van der Waals surface area contributed by atoms with Gasteiger partial charge in [0.25, 0.3) is 0 Å². The van der Waals surface area contributed by atoms with Gasteiger partial charge in [-0.1, -0.05) is 0 Å². The second-order valence-corrected chi connectivity index (χ2v) is 5.78. The van der Waals surface area contributed by atoms with Gasteiger partial charge in [-0.15, -0.1) is 0 Å². The first-order chi connectivity index (χ1) is 12.8. The highest BCUT2D eigenvalue weighted by Crippen LogP contribution is 2.45. The third-order valence-corrected chi connectivity index (χ3v) is 3.71. The van der Waals surface area contributed by atoms with E-state index in [2.05, 4.69) is 0 Å². The highest BCUT2D eigenvalue weighted by molar-refractivity contribution is 5.73. The highest BCUT2D eigenvalue weighted by atomic mass is 19.4. The first-order valence-corrected chi connectivity index (χ1v) is 7.19. The average molecular weight is 441 g/mol. The van der Waals surface area contributed by atoms with Crippen LogP contribution in [0.4, 0.5) is 58.4 Å². The first-order valence-electron chi connectivity index (χ1n) is 7.19. The Morgan fingerprint density at radius 3 is 1.03 bits per heavy atom. The van der Waals surface area contributed by atoms with E-state index in [-0.39, 0.29) is 30.3 Å². The molecular weight excluding hydrogens is 434 g/mol. The number of hydrogen-bond acceptors (Lipinski definition) is 1. The Labute approximate surface area is 153 Å². The molecule has 0 bridgehead atoms. The molecule has 2 aromatic carbocycles. The topological polar surface area (TPSA) is 26.0 Å². The summed E-state index contributed by atoms with van der Waals surface area (Å²) in [5.74, 6) is 0. The molecule has 13 heteroatoms. The molecule has 2 N–H and O–H groups in total. The molecule has 0 aliphatic rings. The maximum Gasteiger partial charge on any atom is 0.418 e. The zero-order valence-corrected chi connectivity index (χ0v) is 13.5. The van der Waals surface area contributed by atoms with E-state index < -0.39 is 63.8 Å². The minimum absolute atomic E-state index is 0.0150. The molecular formula is C16H7F12N. The number of anilines is 1. The van der Waals surface area contributed by atoms with Gasteiger partial charge in [-0.2, -0.15) is 52.7 Å². The molecule has 0 atom stereocenters. The standard InChI is InChI=1S/C16H7F12N/c17-13(18,19)8-1-6(2-9(5-8)14(20,21)22)7-3-10(15(23,24)25)12(29)11(4-7)16(26,27)28/h1-5H,29H2. The van der Waals surface area contributed by atoms with Gasteiger partial charge in [-0.25, -0.2) is 0 Å². The van der Waals surface area contributed by atoms with E-state index in [9.17, 15) is 52.7 Å². The van der Waals surface area contributed by atoms with E-state index in [1.165, 1.54) is 0 Å². The van der Waals surface area contributed by atoms with Gasteiger partial charge in [-0.3, -0.25) is 0 Å². The Kier molecular flexibility index (Phi) is 5.27. The summed E-state index contributed by atoms with van der Waals surface area (Å²) >= 11 is 0. The molecule has 0 spiro atoms. The summed E-state index contributed by atoms with van der Waals surface area (Å²) in [5.41, 5.74) is -7.07. The molecule has 0 aromatic heterocycles. The van der Waals surface area contributed by atoms with Gasteiger partial charge < -0.3 is 5.73 Å². The zero-order valence-electron chi connectivity index (χ0n) is 13.5. The van der Waals surface area contributed by atoms with Gasteiger partial charge in [0.1, 0.15) is 0 Å². The number of nitrogen functional groups attached to an aromatic ring is 1. The van der Waals surface area contributed by atoms with E-state index in [0.29, 0.717) is 0 Å². The van der Waals surface area contributed by atoms with Gasteiger partial charge >= 0.3 is 24.7 Å². The van der Waals surface area contributed by atoms with E-state index in [1.54, 1.807) is 0 Å². The molecule has 0 fully saturated rings. The van der Waals surface area contributed by atoms with Crippen molar-refractivity contribution in [3.05, 3.63) is 52.6 Å². The molecule has 0 saturated heterocycles. The molecule has 29 heavy (non-hydrogen) atoms. The van der Waals surface area contributed by atoms with Crippen LogP contribution in [0, 0.1) is 0 Å². The van der Waals surface area contributed by atoms with Crippen LogP contribution in [0.5, 0.6) is 0 Å². The predicted octanol–water partition coefficient (Wildman–Crippen LogP) is 7.01. The van der Waals surface area contributed by atoms with E-state index in [1.807, 2.05) is 0 Å². The first kappa shape index (κ1) is 22.7. The number of halogens is 12. The lowest BCUT2D eigenvalue weighted by atomic mass is 9.94. The Morgan fingerprint density at radius 2 is 0.759 bits per heavy atom. The van der Waals surface area contributed by atoms with Crippen molar-refractivity contribution in [2.45, 2.75) is 24.7 Å². The van der Waals surface area contributed by atoms with Crippen molar-refractivity contribution in [1.29, 1.82) is 0 Å². The van der Waals surface area contributed by atoms with E-state index in [0.717, 1.165) is 0 Å². The molecule has 160 valence electrons. The quantitative estimate of drug-likeness (QED) is 0.374. The number of benzene rings is 2. The summed E-state index contributed by atoms with van der Waals surface area (Å²) in [6, 6.07) is -0.362. The van der Waals surface area contributed by atoms with Gasteiger partial charge in [0.15, 0.2) is 0 Å². The maximum absolute atomic E-state index is 13.0. The Balaban J connectivity index is 2.90. The maximum atomic E-state index is 13.0. The summed E-state index contributed by atoms with van der Waals surface area (Å²) in [6.45, 7) is 0. The number of hydrogen-bond donors (Lipinski definition) is 1. The predicted molar refractivity (Wildman–Crippen MR) is 76.3 cm³/mol. The second kappa shape index (κ2) is 6.73. The number of nitrogens with two attached hydrogens (primary N) is 1. The van der Waals surface area contributed by atoms with Crippen LogP contribution in [-0.2, 0) is 24.7 Å². The average Bonchev–Trinajstić information content (AvgIpc) is 2.50. The fourth-order valence-electron chi connectivity index (χ4n) is 2.41. The van der Waals surface area contributed by atoms with E-state index >= 15 is 0 Å². The van der Waals surface area contributed by atoms with E-state index in [4.69, 9.17) is 5.73 Å². The lowest BCUT2D eigenvalue weighted by Crippen LogP contribution is -2.16. The largest absolute Gasteiger partial charge is 0.418 e. The number of rotatable bonds is 1. The van der Waals surface area contributed by atoms with Crippen molar-refractivity contribution in [3.63, 3.8) is 0 Å². The zero-order chi connectivity index (χ0) is 22.6. The third kappa shape index (κ3) is 4.88. The third-order valence-electron chi connectivity index (χ3n) is 3.71. The summed E-state index contributed by atoms with van der Waals surface area (Å²) in [6.07, 6.45) is -21.6. The summed E-state index contributed by atoms with van der Waals surface area (Å²) in [4.78, 5) is 0. The van der Waals surface area contributed by atoms with Crippen LogP contribution in [-0.4, -0.2) is 0 Å². The fraction of sp³-hybridized carbons (Fsp3) is 0.250. The van der Waals surface area contributed by atoms with Crippen LogP contribution in [0.2, 0.25) is 0 Å². The highest BCUT2D eigenvalue weighted by Gasteiger charge is 2.42.